The molecule has 2 amide bonds. The lowest BCUT2D eigenvalue weighted by Crippen LogP contribution is -2.46. The van der Waals surface area contributed by atoms with Crippen molar-refractivity contribution in [2.75, 3.05) is 6.54 Å². The van der Waals surface area contributed by atoms with E-state index in [1.54, 1.807) is 12.4 Å². The van der Waals surface area contributed by atoms with Gasteiger partial charge in [-0.3, -0.25) is 14.6 Å². The van der Waals surface area contributed by atoms with Crippen LogP contribution in [-0.4, -0.2) is 33.8 Å². The van der Waals surface area contributed by atoms with E-state index in [1.807, 2.05) is 32.9 Å². The smallest absolute Gasteiger partial charge is 0.240 e. The number of pyridine rings is 1. The average molecular weight is 263 g/mol. The van der Waals surface area contributed by atoms with Gasteiger partial charge in [0.2, 0.25) is 11.8 Å². The predicted molar refractivity (Wildman–Crippen MR) is 73.2 cm³/mol. The van der Waals surface area contributed by atoms with Gasteiger partial charge in [-0.15, -0.1) is 0 Å². The summed E-state index contributed by atoms with van der Waals surface area (Å²) in [6.45, 7) is 7.63. The van der Waals surface area contributed by atoms with Crippen LogP contribution < -0.4 is 5.32 Å². The monoisotopic (exact) mass is 263 g/mol. The van der Waals surface area contributed by atoms with E-state index in [0.717, 1.165) is 5.56 Å². The molecule has 19 heavy (non-hydrogen) atoms. The first kappa shape index (κ1) is 15.1. The summed E-state index contributed by atoms with van der Waals surface area (Å²) < 4.78 is 0. The van der Waals surface area contributed by atoms with Gasteiger partial charge in [0.25, 0.3) is 0 Å². The summed E-state index contributed by atoms with van der Waals surface area (Å²) in [5.41, 5.74) is 0.606. The fourth-order valence-electron chi connectivity index (χ4n) is 1.62. The van der Waals surface area contributed by atoms with Crippen LogP contribution >= 0.6 is 0 Å². The first-order valence-corrected chi connectivity index (χ1v) is 6.23. The van der Waals surface area contributed by atoms with Crippen LogP contribution in [0.1, 0.15) is 33.3 Å². The number of hydrogen-bond acceptors (Lipinski definition) is 3. The summed E-state index contributed by atoms with van der Waals surface area (Å²) in [6, 6.07) is 3.69. The van der Waals surface area contributed by atoms with Gasteiger partial charge in [-0.05, 0) is 32.4 Å². The summed E-state index contributed by atoms with van der Waals surface area (Å²) in [6.07, 6.45) is 3.37. The Hall–Kier alpha value is -1.91. The minimum atomic E-state index is -0.298. The summed E-state index contributed by atoms with van der Waals surface area (Å²) in [4.78, 5) is 28.9. The van der Waals surface area contributed by atoms with Crippen molar-refractivity contribution in [3.05, 3.63) is 30.1 Å². The standard InChI is InChI=1S/C14H21N3O2/c1-11(18)17(9-12-6-5-7-15-8-12)10-13(19)16-14(2,3)4/h5-8H,9-10H2,1-4H3,(H,16,19). The van der Waals surface area contributed by atoms with Crippen LogP contribution in [0.3, 0.4) is 0 Å². The lowest BCUT2D eigenvalue weighted by atomic mass is 10.1. The molecule has 1 aromatic rings. The highest BCUT2D eigenvalue weighted by Gasteiger charge is 2.18. The Bertz CT molecular complexity index is 438. The topological polar surface area (TPSA) is 62.3 Å². The van der Waals surface area contributed by atoms with E-state index in [0.29, 0.717) is 6.54 Å². The van der Waals surface area contributed by atoms with Crippen LogP contribution in [0.5, 0.6) is 0 Å². The molecular formula is C14H21N3O2. The Morgan fingerprint density at radius 1 is 1.37 bits per heavy atom. The van der Waals surface area contributed by atoms with E-state index in [1.165, 1.54) is 11.8 Å². The van der Waals surface area contributed by atoms with Gasteiger partial charge in [0.05, 0.1) is 6.54 Å². The van der Waals surface area contributed by atoms with E-state index in [-0.39, 0.29) is 23.9 Å². The molecule has 0 saturated carbocycles. The molecule has 0 aliphatic carbocycles. The van der Waals surface area contributed by atoms with Crippen molar-refractivity contribution in [3.8, 4) is 0 Å². The Morgan fingerprint density at radius 3 is 2.53 bits per heavy atom. The quantitative estimate of drug-likeness (QED) is 0.891. The number of carbonyl (C=O) groups excluding carboxylic acids is 2. The molecule has 1 rings (SSSR count). The number of aromatic nitrogens is 1. The van der Waals surface area contributed by atoms with Gasteiger partial charge in [-0.1, -0.05) is 6.07 Å². The molecule has 0 bridgehead atoms. The molecule has 0 unspecified atom stereocenters. The molecule has 0 aliphatic heterocycles. The molecule has 5 heteroatoms. The zero-order valence-electron chi connectivity index (χ0n) is 11.9. The van der Waals surface area contributed by atoms with Gasteiger partial charge in [0, 0.05) is 31.4 Å². The lowest BCUT2D eigenvalue weighted by Gasteiger charge is -2.25. The molecular weight excluding hydrogens is 242 g/mol. The number of rotatable bonds is 4. The van der Waals surface area contributed by atoms with Crippen molar-refractivity contribution in [2.24, 2.45) is 0 Å². The molecule has 0 spiro atoms. The van der Waals surface area contributed by atoms with E-state index in [9.17, 15) is 9.59 Å². The molecule has 0 aliphatic rings. The summed E-state index contributed by atoms with van der Waals surface area (Å²) >= 11 is 0. The summed E-state index contributed by atoms with van der Waals surface area (Å²) in [5, 5.41) is 2.84. The molecule has 1 heterocycles. The van der Waals surface area contributed by atoms with Crippen molar-refractivity contribution >= 4 is 11.8 Å². The highest BCUT2D eigenvalue weighted by molar-refractivity contribution is 5.84. The van der Waals surface area contributed by atoms with Crippen molar-refractivity contribution in [2.45, 2.75) is 39.8 Å². The van der Waals surface area contributed by atoms with Crippen LogP contribution in [-0.2, 0) is 16.1 Å². The molecule has 1 N–H and O–H groups in total. The third-order valence-corrected chi connectivity index (χ3v) is 2.39. The Kier molecular flexibility index (Phi) is 5.03. The van der Waals surface area contributed by atoms with E-state index >= 15 is 0 Å². The maximum absolute atomic E-state index is 11.8. The zero-order valence-corrected chi connectivity index (χ0v) is 11.9. The maximum Gasteiger partial charge on any atom is 0.240 e. The predicted octanol–water partition coefficient (Wildman–Crippen LogP) is 1.34. The molecule has 0 saturated heterocycles. The van der Waals surface area contributed by atoms with E-state index in [2.05, 4.69) is 10.3 Å². The highest BCUT2D eigenvalue weighted by atomic mass is 16.2. The van der Waals surface area contributed by atoms with Crippen molar-refractivity contribution < 1.29 is 9.59 Å². The van der Waals surface area contributed by atoms with Gasteiger partial charge in [-0.2, -0.15) is 0 Å². The average Bonchev–Trinajstić information content (AvgIpc) is 2.26. The number of nitrogens with one attached hydrogen (secondary N) is 1. The Labute approximate surface area is 114 Å². The van der Waals surface area contributed by atoms with Crippen LogP contribution in [0.25, 0.3) is 0 Å². The molecule has 0 aromatic carbocycles. The second kappa shape index (κ2) is 6.31. The number of amides is 2. The molecule has 0 fully saturated rings. The van der Waals surface area contributed by atoms with Gasteiger partial charge >= 0.3 is 0 Å². The Morgan fingerprint density at radius 2 is 2.05 bits per heavy atom. The number of hydrogen-bond donors (Lipinski definition) is 1. The molecule has 0 atom stereocenters. The van der Waals surface area contributed by atoms with Gasteiger partial charge in [0.15, 0.2) is 0 Å². The third kappa shape index (κ3) is 5.99. The van der Waals surface area contributed by atoms with Gasteiger partial charge in [-0.25, -0.2) is 0 Å². The largest absolute Gasteiger partial charge is 0.350 e. The lowest BCUT2D eigenvalue weighted by molar-refractivity contribution is -0.135. The fourth-order valence-corrected chi connectivity index (χ4v) is 1.62. The van der Waals surface area contributed by atoms with Gasteiger partial charge in [0.1, 0.15) is 0 Å². The fraction of sp³-hybridized carbons (Fsp3) is 0.500. The first-order valence-electron chi connectivity index (χ1n) is 6.23. The second-order valence-electron chi connectivity index (χ2n) is 5.53. The maximum atomic E-state index is 11.8. The van der Waals surface area contributed by atoms with Gasteiger partial charge < -0.3 is 10.2 Å². The van der Waals surface area contributed by atoms with Crippen molar-refractivity contribution in [1.82, 2.24) is 15.2 Å². The second-order valence-corrected chi connectivity index (χ2v) is 5.53. The van der Waals surface area contributed by atoms with Crippen LogP contribution in [0.4, 0.5) is 0 Å². The van der Waals surface area contributed by atoms with Crippen LogP contribution in [0.2, 0.25) is 0 Å². The summed E-state index contributed by atoms with van der Waals surface area (Å²) in [7, 11) is 0. The molecule has 0 radical (unpaired) electrons. The highest BCUT2D eigenvalue weighted by Crippen LogP contribution is 2.04. The first-order chi connectivity index (χ1) is 8.78. The van der Waals surface area contributed by atoms with E-state index in [4.69, 9.17) is 0 Å². The van der Waals surface area contributed by atoms with Crippen molar-refractivity contribution in [3.63, 3.8) is 0 Å². The SMILES string of the molecule is CC(=O)N(CC(=O)NC(C)(C)C)Cc1cccnc1. The minimum Gasteiger partial charge on any atom is -0.350 e. The molecule has 1 aromatic heterocycles. The number of carbonyl (C=O) groups is 2. The minimum absolute atomic E-state index is 0.0570. The summed E-state index contributed by atoms with van der Waals surface area (Å²) in [5.74, 6) is -0.292. The number of nitrogens with zero attached hydrogens (tertiary/aromatic N) is 2. The molecule has 5 nitrogen and oxygen atoms in total. The van der Waals surface area contributed by atoms with Crippen molar-refractivity contribution in [1.29, 1.82) is 0 Å². The Balaban J connectivity index is 2.64. The third-order valence-electron chi connectivity index (χ3n) is 2.39. The zero-order chi connectivity index (χ0) is 14.5. The normalized spacial score (nSPS) is 10.9. The molecule has 104 valence electrons. The van der Waals surface area contributed by atoms with E-state index < -0.39 is 0 Å². The van der Waals surface area contributed by atoms with Crippen LogP contribution in [0, 0.1) is 0 Å². The van der Waals surface area contributed by atoms with Crippen LogP contribution in [0.15, 0.2) is 24.5 Å².